The van der Waals surface area contributed by atoms with Gasteiger partial charge in [0.2, 0.25) is 0 Å². The van der Waals surface area contributed by atoms with Crippen molar-refractivity contribution < 1.29 is 9.52 Å². The highest BCUT2D eigenvalue weighted by atomic mass is 16.3. The molecule has 7 aromatic carbocycles. The van der Waals surface area contributed by atoms with Gasteiger partial charge in [0.25, 0.3) is 0 Å². The van der Waals surface area contributed by atoms with Crippen LogP contribution >= 0.6 is 0 Å². The Bertz CT molecular complexity index is 2410. The fourth-order valence-corrected chi connectivity index (χ4v) is 6.65. The molecule has 0 amide bonds. The van der Waals surface area contributed by atoms with Crippen LogP contribution in [-0.4, -0.2) is 5.11 Å². The summed E-state index contributed by atoms with van der Waals surface area (Å²) in [6, 6.07) is 52.3. The van der Waals surface area contributed by atoms with Crippen molar-refractivity contribution in [1.82, 2.24) is 0 Å². The van der Waals surface area contributed by atoms with Gasteiger partial charge >= 0.3 is 0 Å². The number of phenolic OH excluding ortho intramolecular Hbond substituents is 1. The first-order chi connectivity index (χ1) is 22.8. The molecule has 0 spiro atoms. The van der Waals surface area contributed by atoms with Gasteiger partial charge in [0.05, 0.1) is 11.4 Å². The van der Waals surface area contributed by atoms with Crippen molar-refractivity contribution in [3.8, 4) is 28.0 Å². The highest BCUT2D eigenvalue weighted by Gasteiger charge is 2.22. The zero-order chi connectivity index (χ0) is 32.1. The Hall–Kier alpha value is -5.80. The standard InChI is InChI=1S/C44H35NO2/c1-44(2,3)33-17-9-16-32(26-33)37-20-11-21-39(43(37)46)45(34-18-10-15-31(27-34)29-12-5-4-6-13-29)35-23-24-38-41(28-35)47-40-25-22-30-14-7-8-19-36(30)42(38)40/h4-28,46H,1-3H3. The van der Waals surface area contributed by atoms with Crippen molar-refractivity contribution in [3.05, 3.63) is 157 Å². The smallest absolute Gasteiger partial charge is 0.147 e. The van der Waals surface area contributed by atoms with Crippen molar-refractivity contribution in [1.29, 1.82) is 0 Å². The predicted octanol–water partition coefficient (Wildman–Crippen LogP) is 12.5. The maximum absolute atomic E-state index is 12.1. The van der Waals surface area contributed by atoms with E-state index < -0.39 is 0 Å². The zero-order valence-electron chi connectivity index (χ0n) is 26.7. The third kappa shape index (κ3) is 5.10. The Kier molecular flexibility index (Phi) is 6.84. The summed E-state index contributed by atoms with van der Waals surface area (Å²) in [5, 5.41) is 16.6. The third-order valence-electron chi connectivity index (χ3n) is 9.11. The molecule has 0 bridgehead atoms. The van der Waals surface area contributed by atoms with Crippen LogP contribution in [0.15, 0.2) is 156 Å². The first-order valence-corrected chi connectivity index (χ1v) is 16.1. The summed E-state index contributed by atoms with van der Waals surface area (Å²) in [4.78, 5) is 2.13. The summed E-state index contributed by atoms with van der Waals surface area (Å²) in [5.74, 6) is 0.222. The first-order valence-electron chi connectivity index (χ1n) is 16.1. The molecular formula is C44H35NO2. The highest BCUT2D eigenvalue weighted by Crippen LogP contribution is 2.46. The summed E-state index contributed by atoms with van der Waals surface area (Å²) in [5.41, 5.74) is 9.37. The number of rotatable bonds is 5. The molecule has 1 aromatic heterocycles. The van der Waals surface area contributed by atoms with E-state index in [1.54, 1.807) is 0 Å². The van der Waals surface area contributed by atoms with Crippen molar-refractivity contribution in [2.45, 2.75) is 26.2 Å². The van der Waals surface area contributed by atoms with Crippen LogP contribution in [0.25, 0.3) is 55.0 Å². The maximum Gasteiger partial charge on any atom is 0.147 e. The van der Waals surface area contributed by atoms with Crippen LogP contribution in [0.1, 0.15) is 26.3 Å². The van der Waals surface area contributed by atoms with E-state index in [0.717, 1.165) is 55.6 Å². The van der Waals surface area contributed by atoms with Crippen molar-refractivity contribution in [2.24, 2.45) is 0 Å². The number of benzene rings is 7. The van der Waals surface area contributed by atoms with E-state index in [-0.39, 0.29) is 11.2 Å². The number of furan rings is 1. The normalized spacial score (nSPS) is 11.8. The fraction of sp³-hybridized carbons (Fsp3) is 0.0909. The van der Waals surface area contributed by atoms with Crippen molar-refractivity contribution in [3.63, 3.8) is 0 Å². The molecule has 1 N–H and O–H groups in total. The SMILES string of the molecule is CC(C)(C)c1cccc(-c2cccc(N(c3cccc(-c4ccccc4)c3)c3ccc4c(c3)oc3ccc5ccccc5c34)c2O)c1. The van der Waals surface area contributed by atoms with Crippen LogP contribution in [-0.2, 0) is 5.41 Å². The largest absolute Gasteiger partial charge is 0.505 e. The molecule has 0 saturated heterocycles. The van der Waals surface area contributed by atoms with Gasteiger partial charge in [-0.3, -0.25) is 0 Å². The van der Waals surface area contributed by atoms with Crippen LogP contribution < -0.4 is 4.90 Å². The summed E-state index contributed by atoms with van der Waals surface area (Å²) < 4.78 is 6.50. The number of anilines is 3. The van der Waals surface area contributed by atoms with Gasteiger partial charge in [0.15, 0.2) is 0 Å². The highest BCUT2D eigenvalue weighted by molar-refractivity contribution is 6.19. The predicted molar refractivity (Wildman–Crippen MR) is 197 cm³/mol. The number of para-hydroxylation sites is 1. The van der Waals surface area contributed by atoms with E-state index in [1.807, 2.05) is 24.3 Å². The number of nitrogens with zero attached hydrogens (tertiary/aromatic N) is 1. The average Bonchev–Trinajstić information content (AvgIpc) is 3.48. The Morgan fingerprint density at radius 2 is 1.26 bits per heavy atom. The monoisotopic (exact) mass is 609 g/mol. The van der Waals surface area contributed by atoms with Gasteiger partial charge in [-0.2, -0.15) is 0 Å². The molecule has 47 heavy (non-hydrogen) atoms. The van der Waals surface area contributed by atoms with Crippen LogP contribution in [0.3, 0.4) is 0 Å². The Morgan fingerprint density at radius 1 is 0.532 bits per heavy atom. The molecule has 0 radical (unpaired) electrons. The lowest BCUT2D eigenvalue weighted by Crippen LogP contribution is -2.11. The lowest BCUT2D eigenvalue weighted by molar-refractivity contribution is 0.478. The summed E-state index contributed by atoms with van der Waals surface area (Å²) in [6.07, 6.45) is 0. The van der Waals surface area contributed by atoms with E-state index >= 15 is 0 Å². The fourth-order valence-electron chi connectivity index (χ4n) is 6.65. The number of fused-ring (bicyclic) bond motifs is 5. The summed E-state index contributed by atoms with van der Waals surface area (Å²) in [7, 11) is 0. The molecule has 0 aliphatic heterocycles. The first kappa shape index (κ1) is 28.7. The minimum Gasteiger partial charge on any atom is -0.505 e. The quantitative estimate of drug-likeness (QED) is 0.211. The van der Waals surface area contributed by atoms with E-state index in [4.69, 9.17) is 4.42 Å². The molecule has 3 heteroatoms. The molecule has 1 heterocycles. The second-order valence-corrected chi connectivity index (χ2v) is 13.2. The molecule has 0 fully saturated rings. The van der Waals surface area contributed by atoms with Gasteiger partial charge in [-0.15, -0.1) is 0 Å². The second-order valence-electron chi connectivity index (χ2n) is 13.2. The minimum absolute atomic E-state index is 0.0134. The second kappa shape index (κ2) is 11.2. The maximum atomic E-state index is 12.1. The molecule has 0 saturated carbocycles. The van der Waals surface area contributed by atoms with Crippen LogP contribution in [0.5, 0.6) is 5.75 Å². The topological polar surface area (TPSA) is 36.6 Å². The Morgan fingerprint density at radius 3 is 2.11 bits per heavy atom. The van der Waals surface area contributed by atoms with Gasteiger partial charge in [0, 0.05) is 28.1 Å². The van der Waals surface area contributed by atoms with E-state index in [0.29, 0.717) is 5.69 Å². The third-order valence-corrected chi connectivity index (χ3v) is 9.11. The van der Waals surface area contributed by atoms with Crippen molar-refractivity contribution in [2.75, 3.05) is 4.90 Å². The molecule has 0 unspecified atom stereocenters. The molecule has 8 rings (SSSR count). The van der Waals surface area contributed by atoms with Gasteiger partial charge in [0.1, 0.15) is 16.9 Å². The lowest BCUT2D eigenvalue weighted by atomic mass is 9.85. The Labute approximate surface area is 275 Å². The number of phenols is 1. The summed E-state index contributed by atoms with van der Waals surface area (Å²) >= 11 is 0. The minimum atomic E-state index is -0.0134. The van der Waals surface area contributed by atoms with Gasteiger partial charge in [-0.05, 0) is 74.8 Å². The number of hydrogen-bond donors (Lipinski definition) is 1. The number of aromatic hydroxyl groups is 1. The zero-order valence-corrected chi connectivity index (χ0v) is 26.7. The molecule has 0 aliphatic rings. The van der Waals surface area contributed by atoms with Crippen LogP contribution in [0, 0.1) is 0 Å². The summed E-state index contributed by atoms with van der Waals surface area (Å²) in [6.45, 7) is 6.63. The molecule has 8 aromatic rings. The molecule has 0 atom stereocenters. The Balaban J connectivity index is 1.34. The number of hydrogen-bond acceptors (Lipinski definition) is 3. The molecule has 0 aliphatic carbocycles. The van der Waals surface area contributed by atoms with E-state index in [2.05, 4.69) is 153 Å². The molecular weight excluding hydrogens is 574 g/mol. The van der Waals surface area contributed by atoms with Gasteiger partial charge in [-0.1, -0.05) is 130 Å². The van der Waals surface area contributed by atoms with Gasteiger partial charge < -0.3 is 14.4 Å². The van der Waals surface area contributed by atoms with E-state index in [9.17, 15) is 5.11 Å². The van der Waals surface area contributed by atoms with Gasteiger partial charge in [-0.25, -0.2) is 0 Å². The van der Waals surface area contributed by atoms with Crippen LogP contribution in [0.4, 0.5) is 17.1 Å². The van der Waals surface area contributed by atoms with Crippen molar-refractivity contribution >= 4 is 49.8 Å². The molecule has 3 nitrogen and oxygen atoms in total. The van der Waals surface area contributed by atoms with E-state index in [1.165, 1.54) is 16.3 Å². The average molecular weight is 610 g/mol. The molecule has 228 valence electrons. The lowest BCUT2D eigenvalue weighted by Gasteiger charge is -2.27. The van der Waals surface area contributed by atoms with Crippen LogP contribution in [0.2, 0.25) is 0 Å².